The first-order chi connectivity index (χ1) is 8.03. The quantitative estimate of drug-likeness (QED) is 0.819. The zero-order valence-corrected chi connectivity index (χ0v) is 10.7. The van der Waals surface area contributed by atoms with Crippen LogP contribution in [0.25, 0.3) is 0 Å². The van der Waals surface area contributed by atoms with Gasteiger partial charge in [0.15, 0.2) is 0 Å². The largest absolute Gasteiger partial charge is 0.330 e. The first-order valence-corrected chi connectivity index (χ1v) is 7.32. The Kier molecular flexibility index (Phi) is 3.51. The minimum Gasteiger partial charge on any atom is -0.330 e. The topological polar surface area (TPSA) is 72.2 Å². The SMILES string of the molecule is CC1CC1NS(=O)(=O)c1ccc(CCN)cc1. The molecule has 0 aliphatic heterocycles. The van der Waals surface area contributed by atoms with Crippen molar-refractivity contribution in [1.29, 1.82) is 0 Å². The molecule has 0 aromatic heterocycles. The van der Waals surface area contributed by atoms with E-state index in [0.29, 0.717) is 17.4 Å². The summed E-state index contributed by atoms with van der Waals surface area (Å²) in [4.78, 5) is 0.331. The van der Waals surface area contributed by atoms with Gasteiger partial charge in [-0.2, -0.15) is 0 Å². The van der Waals surface area contributed by atoms with Gasteiger partial charge in [-0.15, -0.1) is 0 Å². The molecule has 0 radical (unpaired) electrons. The molecule has 1 aliphatic carbocycles. The Bertz CT molecular complexity index is 482. The molecule has 17 heavy (non-hydrogen) atoms. The minimum absolute atomic E-state index is 0.115. The molecule has 2 rings (SSSR count). The van der Waals surface area contributed by atoms with Crippen LogP contribution in [-0.2, 0) is 16.4 Å². The van der Waals surface area contributed by atoms with Crippen LogP contribution < -0.4 is 10.5 Å². The number of nitrogens with one attached hydrogen (secondary N) is 1. The van der Waals surface area contributed by atoms with Crippen molar-refractivity contribution in [2.45, 2.75) is 30.7 Å². The molecule has 0 heterocycles. The minimum atomic E-state index is -3.34. The Hall–Kier alpha value is -0.910. The van der Waals surface area contributed by atoms with Crippen molar-refractivity contribution >= 4 is 10.0 Å². The molecule has 0 spiro atoms. The van der Waals surface area contributed by atoms with Gasteiger partial charge in [-0.3, -0.25) is 0 Å². The van der Waals surface area contributed by atoms with E-state index in [9.17, 15) is 8.42 Å². The molecule has 1 saturated carbocycles. The predicted molar refractivity (Wildman–Crippen MR) is 67.1 cm³/mol. The summed E-state index contributed by atoms with van der Waals surface area (Å²) in [6, 6.07) is 7.03. The van der Waals surface area contributed by atoms with Crippen LogP contribution in [0.3, 0.4) is 0 Å². The fourth-order valence-corrected chi connectivity index (χ4v) is 3.11. The predicted octanol–water partition coefficient (Wildman–Crippen LogP) is 0.874. The van der Waals surface area contributed by atoms with E-state index >= 15 is 0 Å². The van der Waals surface area contributed by atoms with Crippen molar-refractivity contribution in [3.8, 4) is 0 Å². The zero-order chi connectivity index (χ0) is 12.5. The van der Waals surface area contributed by atoms with E-state index in [1.54, 1.807) is 12.1 Å². The second kappa shape index (κ2) is 4.76. The zero-order valence-electron chi connectivity index (χ0n) is 9.89. The van der Waals surface area contributed by atoms with E-state index in [4.69, 9.17) is 5.73 Å². The van der Waals surface area contributed by atoms with Crippen molar-refractivity contribution in [1.82, 2.24) is 4.72 Å². The van der Waals surface area contributed by atoms with E-state index in [2.05, 4.69) is 4.72 Å². The van der Waals surface area contributed by atoms with Crippen molar-refractivity contribution in [2.75, 3.05) is 6.54 Å². The third-order valence-corrected chi connectivity index (χ3v) is 4.59. The number of nitrogens with two attached hydrogens (primary N) is 1. The van der Waals surface area contributed by atoms with Gasteiger partial charge in [0, 0.05) is 6.04 Å². The number of sulfonamides is 1. The van der Waals surface area contributed by atoms with Crippen molar-refractivity contribution in [3.05, 3.63) is 29.8 Å². The van der Waals surface area contributed by atoms with Gasteiger partial charge in [0.1, 0.15) is 0 Å². The van der Waals surface area contributed by atoms with Gasteiger partial charge in [0.2, 0.25) is 10.0 Å². The van der Waals surface area contributed by atoms with E-state index in [1.807, 2.05) is 19.1 Å². The summed E-state index contributed by atoms with van der Waals surface area (Å²) in [6.07, 6.45) is 1.71. The Morgan fingerprint density at radius 3 is 2.41 bits per heavy atom. The van der Waals surface area contributed by atoms with Crippen molar-refractivity contribution < 1.29 is 8.42 Å². The van der Waals surface area contributed by atoms with Crippen LogP contribution in [0.2, 0.25) is 0 Å². The van der Waals surface area contributed by atoms with Gasteiger partial charge in [0.05, 0.1) is 4.90 Å². The maximum atomic E-state index is 12.0. The molecular weight excluding hydrogens is 236 g/mol. The highest BCUT2D eigenvalue weighted by molar-refractivity contribution is 7.89. The van der Waals surface area contributed by atoms with Gasteiger partial charge in [0.25, 0.3) is 0 Å². The summed E-state index contributed by atoms with van der Waals surface area (Å²) in [7, 11) is -3.34. The summed E-state index contributed by atoms with van der Waals surface area (Å²) in [5.41, 5.74) is 6.50. The fourth-order valence-electron chi connectivity index (χ4n) is 1.76. The van der Waals surface area contributed by atoms with E-state index in [0.717, 1.165) is 18.4 Å². The molecule has 0 saturated heterocycles. The maximum absolute atomic E-state index is 12.0. The Morgan fingerprint density at radius 2 is 1.94 bits per heavy atom. The van der Waals surface area contributed by atoms with Gasteiger partial charge in [-0.05, 0) is 43.0 Å². The third-order valence-electron chi connectivity index (χ3n) is 3.08. The molecule has 5 heteroatoms. The molecule has 0 bridgehead atoms. The number of benzene rings is 1. The van der Waals surface area contributed by atoms with Crippen LogP contribution in [0.1, 0.15) is 18.9 Å². The lowest BCUT2D eigenvalue weighted by Crippen LogP contribution is -2.26. The molecule has 1 fully saturated rings. The Labute approximate surface area is 102 Å². The van der Waals surface area contributed by atoms with Gasteiger partial charge < -0.3 is 5.73 Å². The van der Waals surface area contributed by atoms with Crippen LogP contribution >= 0.6 is 0 Å². The van der Waals surface area contributed by atoms with Gasteiger partial charge in [-0.25, -0.2) is 13.1 Å². The molecule has 1 aliphatic rings. The molecule has 3 N–H and O–H groups in total. The standard InChI is InChI=1S/C12H18N2O2S/c1-9-8-12(9)14-17(15,16)11-4-2-10(3-5-11)6-7-13/h2-5,9,12,14H,6-8,13H2,1H3. The van der Waals surface area contributed by atoms with E-state index in [-0.39, 0.29) is 6.04 Å². The molecule has 2 unspecified atom stereocenters. The normalized spacial score (nSPS) is 23.6. The van der Waals surface area contributed by atoms with E-state index < -0.39 is 10.0 Å². The monoisotopic (exact) mass is 254 g/mol. The fraction of sp³-hybridized carbons (Fsp3) is 0.500. The Balaban J connectivity index is 2.10. The summed E-state index contributed by atoms with van der Waals surface area (Å²) >= 11 is 0. The lowest BCUT2D eigenvalue weighted by molar-refractivity contribution is 0.578. The summed E-state index contributed by atoms with van der Waals surface area (Å²) < 4.78 is 26.6. The summed E-state index contributed by atoms with van der Waals surface area (Å²) in [5, 5.41) is 0. The summed E-state index contributed by atoms with van der Waals surface area (Å²) in [6.45, 7) is 2.61. The van der Waals surface area contributed by atoms with Crippen LogP contribution in [0.15, 0.2) is 29.2 Å². The molecule has 1 aromatic rings. The highest BCUT2D eigenvalue weighted by Crippen LogP contribution is 2.30. The Morgan fingerprint density at radius 1 is 1.35 bits per heavy atom. The highest BCUT2D eigenvalue weighted by atomic mass is 32.2. The second-order valence-electron chi connectivity index (χ2n) is 4.62. The number of hydrogen-bond acceptors (Lipinski definition) is 3. The van der Waals surface area contributed by atoms with Gasteiger partial charge >= 0.3 is 0 Å². The molecular formula is C12H18N2O2S. The average molecular weight is 254 g/mol. The average Bonchev–Trinajstić information content (AvgIpc) is 2.94. The molecule has 1 aromatic carbocycles. The first-order valence-electron chi connectivity index (χ1n) is 5.84. The van der Waals surface area contributed by atoms with Crippen LogP contribution in [0.5, 0.6) is 0 Å². The number of hydrogen-bond donors (Lipinski definition) is 2. The maximum Gasteiger partial charge on any atom is 0.240 e. The molecule has 94 valence electrons. The molecule has 4 nitrogen and oxygen atoms in total. The number of rotatable bonds is 5. The van der Waals surface area contributed by atoms with Crippen molar-refractivity contribution in [3.63, 3.8) is 0 Å². The molecule has 2 atom stereocenters. The van der Waals surface area contributed by atoms with Crippen LogP contribution in [-0.4, -0.2) is 21.0 Å². The lowest BCUT2D eigenvalue weighted by Gasteiger charge is -2.06. The lowest BCUT2D eigenvalue weighted by atomic mass is 10.2. The van der Waals surface area contributed by atoms with Crippen LogP contribution in [0, 0.1) is 5.92 Å². The van der Waals surface area contributed by atoms with E-state index in [1.165, 1.54) is 0 Å². The third kappa shape index (κ3) is 3.06. The smallest absolute Gasteiger partial charge is 0.240 e. The molecule has 0 amide bonds. The second-order valence-corrected chi connectivity index (χ2v) is 6.34. The summed E-state index contributed by atoms with van der Waals surface area (Å²) in [5.74, 6) is 0.460. The first kappa shape index (κ1) is 12.5. The van der Waals surface area contributed by atoms with Crippen LogP contribution in [0.4, 0.5) is 0 Å². The highest BCUT2D eigenvalue weighted by Gasteiger charge is 2.36. The van der Waals surface area contributed by atoms with Gasteiger partial charge in [-0.1, -0.05) is 19.1 Å². The van der Waals surface area contributed by atoms with Crippen molar-refractivity contribution in [2.24, 2.45) is 11.7 Å².